The lowest BCUT2D eigenvalue weighted by Crippen LogP contribution is -2.42. The number of rotatable bonds is 7. The number of nitrogens with zero attached hydrogens (tertiary/aromatic N) is 2. The molecule has 5 nitrogen and oxygen atoms in total. The van der Waals surface area contributed by atoms with Gasteiger partial charge in [-0.3, -0.25) is 9.89 Å². The van der Waals surface area contributed by atoms with Gasteiger partial charge in [-0.05, 0) is 31.0 Å². The summed E-state index contributed by atoms with van der Waals surface area (Å²) in [7, 11) is 0. The number of benzene rings is 1. The second-order valence-corrected chi connectivity index (χ2v) is 5.86. The Morgan fingerprint density at radius 2 is 1.88 bits per heavy atom. The quantitative estimate of drug-likeness (QED) is 0.370. The van der Waals surface area contributed by atoms with E-state index in [9.17, 15) is 4.39 Å². The van der Waals surface area contributed by atoms with Crippen molar-refractivity contribution in [1.82, 2.24) is 15.5 Å². The lowest BCUT2D eigenvalue weighted by Gasteiger charge is -2.34. The molecule has 1 saturated heterocycles. The van der Waals surface area contributed by atoms with Crippen LogP contribution in [0.15, 0.2) is 29.3 Å². The summed E-state index contributed by atoms with van der Waals surface area (Å²) in [5, 5.41) is 6.60. The standard InChI is InChI=1S/C18H29FN4O.HI/c1-3-9-21-18(20-4-2)22-14-17(23-10-12-24-13-11-23)15-5-7-16(19)8-6-15;/h5-8,17H,3-4,9-14H2,1-2H3,(H2,20,21,22);1H. The maximum absolute atomic E-state index is 13.3. The molecule has 0 amide bonds. The molecule has 1 aromatic carbocycles. The summed E-state index contributed by atoms with van der Waals surface area (Å²) in [5.41, 5.74) is 1.09. The van der Waals surface area contributed by atoms with Crippen molar-refractivity contribution in [3.05, 3.63) is 35.6 Å². The Kier molecular flexibility index (Phi) is 11.0. The number of nitrogens with one attached hydrogen (secondary N) is 2. The molecular weight excluding hydrogens is 434 g/mol. The molecule has 1 aliphatic rings. The van der Waals surface area contributed by atoms with E-state index in [2.05, 4.69) is 29.4 Å². The van der Waals surface area contributed by atoms with Gasteiger partial charge in [-0.25, -0.2) is 4.39 Å². The van der Waals surface area contributed by atoms with Crippen LogP contribution in [0.4, 0.5) is 4.39 Å². The molecule has 1 aliphatic heterocycles. The zero-order chi connectivity index (χ0) is 17.2. The fourth-order valence-electron chi connectivity index (χ4n) is 2.77. The largest absolute Gasteiger partial charge is 0.379 e. The maximum Gasteiger partial charge on any atom is 0.191 e. The van der Waals surface area contributed by atoms with Crippen LogP contribution in [-0.2, 0) is 4.74 Å². The van der Waals surface area contributed by atoms with E-state index < -0.39 is 0 Å². The molecular formula is C18H30FIN4O. The summed E-state index contributed by atoms with van der Waals surface area (Å²) in [6.07, 6.45) is 1.05. The minimum Gasteiger partial charge on any atom is -0.379 e. The van der Waals surface area contributed by atoms with E-state index in [4.69, 9.17) is 9.73 Å². The molecule has 1 fully saturated rings. The average Bonchev–Trinajstić information content (AvgIpc) is 2.62. The molecule has 0 aliphatic carbocycles. The number of ether oxygens (including phenoxy) is 1. The van der Waals surface area contributed by atoms with Crippen molar-refractivity contribution in [2.45, 2.75) is 26.3 Å². The van der Waals surface area contributed by atoms with E-state index in [1.54, 1.807) is 0 Å². The van der Waals surface area contributed by atoms with Gasteiger partial charge in [0.15, 0.2) is 5.96 Å². The predicted octanol–water partition coefficient (Wildman–Crippen LogP) is 2.78. The van der Waals surface area contributed by atoms with Gasteiger partial charge in [0.2, 0.25) is 0 Å². The molecule has 0 saturated carbocycles. The highest BCUT2D eigenvalue weighted by Crippen LogP contribution is 2.22. The Balaban J connectivity index is 0.00000312. The van der Waals surface area contributed by atoms with Gasteiger partial charge in [0.05, 0.1) is 25.8 Å². The van der Waals surface area contributed by atoms with Crippen LogP contribution in [-0.4, -0.2) is 56.8 Å². The zero-order valence-electron chi connectivity index (χ0n) is 15.1. The Hall–Kier alpha value is -0.930. The monoisotopic (exact) mass is 464 g/mol. The smallest absolute Gasteiger partial charge is 0.191 e. The Morgan fingerprint density at radius 1 is 1.20 bits per heavy atom. The summed E-state index contributed by atoms with van der Waals surface area (Å²) < 4.78 is 18.7. The molecule has 142 valence electrons. The van der Waals surface area contributed by atoms with Crippen molar-refractivity contribution in [1.29, 1.82) is 0 Å². The van der Waals surface area contributed by atoms with Crippen LogP contribution in [0.5, 0.6) is 0 Å². The minimum absolute atomic E-state index is 0. The van der Waals surface area contributed by atoms with Crippen LogP contribution in [0.25, 0.3) is 0 Å². The average molecular weight is 464 g/mol. The van der Waals surface area contributed by atoms with Crippen molar-refractivity contribution in [3.63, 3.8) is 0 Å². The second-order valence-electron chi connectivity index (χ2n) is 5.86. The SMILES string of the molecule is CCCNC(=NCC(c1ccc(F)cc1)N1CCOCC1)NCC.I. The van der Waals surface area contributed by atoms with E-state index in [1.807, 2.05) is 12.1 Å². The van der Waals surface area contributed by atoms with Gasteiger partial charge in [0, 0.05) is 26.2 Å². The van der Waals surface area contributed by atoms with E-state index >= 15 is 0 Å². The fraction of sp³-hybridized carbons (Fsp3) is 0.611. The van der Waals surface area contributed by atoms with Gasteiger partial charge >= 0.3 is 0 Å². The lowest BCUT2D eigenvalue weighted by molar-refractivity contribution is 0.0179. The first-order valence-electron chi connectivity index (χ1n) is 8.84. The third-order valence-electron chi connectivity index (χ3n) is 4.05. The van der Waals surface area contributed by atoms with Crippen LogP contribution in [0, 0.1) is 5.82 Å². The Labute approximate surface area is 167 Å². The van der Waals surface area contributed by atoms with Crippen LogP contribution in [0.3, 0.4) is 0 Å². The first-order chi connectivity index (χ1) is 11.7. The molecule has 1 aromatic rings. The van der Waals surface area contributed by atoms with E-state index in [0.29, 0.717) is 6.54 Å². The molecule has 0 radical (unpaired) electrons. The van der Waals surface area contributed by atoms with Crippen molar-refractivity contribution in [2.24, 2.45) is 4.99 Å². The number of hydrogen-bond acceptors (Lipinski definition) is 3. The highest BCUT2D eigenvalue weighted by molar-refractivity contribution is 14.0. The first kappa shape index (κ1) is 22.1. The van der Waals surface area contributed by atoms with Gasteiger partial charge in [0.25, 0.3) is 0 Å². The highest BCUT2D eigenvalue weighted by atomic mass is 127. The molecule has 1 heterocycles. The number of morpholine rings is 1. The maximum atomic E-state index is 13.3. The second kappa shape index (κ2) is 12.4. The predicted molar refractivity (Wildman–Crippen MR) is 111 cm³/mol. The summed E-state index contributed by atoms with van der Waals surface area (Å²) in [5.74, 6) is 0.626. The molecule has 0 aromatic heterocycles. The van der Waals surface area contributed by atoms with Crippen molar-refractivity contribution >= 4 is 29.9 Å². The molecule has 2 N–H and O–H groups in total. The summed E-state index contributed by atoms with van der Waals surface area (Å²) in [6, 6.07) is 6.89. The summed E-state index contributed by atoms with van der Waals surface area (Å²) >= 11 is 0. The summed E-state index contributed by atoms with van der Waals surface area (Å²) in [4.78, 5) is 7.11. The van der Waals surface area contributed by atoms with Gasteiger partial charge < -0.3 is 15.4 Å². The Morgan fingerprint density at radius 3 is 2.48 bits per heavy atom. The van der Waals surface area contributed by atoms with Crippen molar-refractivity contribution < 1.29 is 9.13 Å². The topological polar surface area (TPSA) is 48.9 Å². The third-order valence-corrected chi connectivity index (χ3v) is 4.05. The molecule has 1 unspecified atom stereocenters. The van der Waals surface area contributed by atoms with E-state index in [-0.39, 0.29) is 35.8 Å². The van der Waals surface area contributed by atoms with E-state index in [1.165, 1.54) is 12.1 Å². The fourth-order valence-corrected chi connectivity index (χ4v) is 2.77. The normalized spacial score (nSPS) is 16.8. The van der Waals surface area contributed by atoms with Crippen molar-refractivity contribution in [3.8, 4) is 0 Å². The van der Waals surface area contributed by atoms with Crippen LogP contribution in [0.1, 0.15) is 31.9 Å². The molecule has 0 bridgehead atoms. The van der Waals surface area contributed by atoms with Gasteiger partial charge in [0.1, 0.15) is 5.82 Å². The van der Waals surface area contributed by atoms with Crippen molar-refractivity contribution in [2.75, 3.05) is 45.9 Å². The molecule has 0 spiro atoms. The molecule has 2 rings (SSSR count). The molecule has 7 heteroatoms. The van der Waals surface area contributed by atoms with Crippen LogP contribution in [0.2, 0.25) is 0 Å². The number of aliphatic imine (C=N–C) groups is 1. The summed E-state index contributed by atoms with van der Waals surface area (Å²) in [6.45, 7) is 9.75. The number of guanidine groups is 1. The minimum atomic E-state index is -0.207. The highest BCUT2D eigenvalue weighted by Gasteiger charge is 2.22. The van der Waals surface area contributed by atoms with Gasteiger partial charge in [-0.1, -0.05) is 19.1 Å². The van der Waals surface area contributed by atoms with E-state index in [0.717, 1.165) is 57.3 Å². The number of halogens is 2. The number of hydrogen-bond donors (Lipinski definition) is 2. The van der Waals surface area contributed by atoms with Gasteiger partial charge in [-0.2, -0.15) is 0 Å². The lowest BCUT2D eigenvalue weighted by atomic mass is 10.0. The van der Waals surface area contributed by atoms with Gasteiger partial charge in [-0.15, -0.1) is 24.0 Å². The third kappa shape index (κ3) is 7.45. The first-order valence-corrected chi connectivity index (χ1v) is 8.84. The molecule has 25 heavy (non-hydrogen) atoms. The van der Waals surface area contributed by atoms with Crippen LogP contribution < -0.4 is 10.6 Å². The molecule has 1 atom stereocenters. The van der Waals surface area contributed by atoms with Crippen LogP contribution >= 0.6 is 24.0 Å². The Bertz CT molecular complexity index is 506. The zero-order valence-corrected chi connectivity index (χ0v) is 17.5.